The molecule has 1 nitrogen and oxygen atoms in total. The molecule has 0 amide bonds. The van der Waals surface area contributed by atoms with Gasteiger partial charge in [0.2, 0.25) is 0 Å². The molecule has 2 heteroatoms. The van der Waals surface area contributed by atoms with E-state index in [1.54, 1.807) is 0 Å². The average Bonchev–Trinajstić information content (AvgIpc) is 1.88. The fraction of sp³-hybridized carbons (Fsp3) is 1.00. The van der Waals surface area contributed by atoms with Crippen LogP contribution >= 0.6 is 11.1 Å². The lowest BCUT2D eigenvalue weighted by atomic mass is 9.96. The Morgan fingerprint density at radius 3 is 2.20 bits per heavy atom. The summed E-state index contributed by atoms with van der Waals surface area (Å²) in [7, 11) is 0. The Hall–Kier alpha value is 0.310. The SMILES string of the molecule is C[SH](C)NC1CCCCC1. The molecule has 0 saturated heterocycles. The minimum absolute atomic E-state index is 0.127. The van der Waals surface area contributed by atoms with E-state index in [4.69, 9.17) is 0 Å². The Labute approximate surface area is 67.1 Å². The van der Waals surface area contributed by atoms with Gasteiger partial charge in [0.05, 0.1) is 0 Å². The molecule has 0 aromatic carbocycles. The van der Waals surface area contributed by atoms with E-state index >= 15 is 0 Å². The van der Waals surface area contributed by atoms with Crippen molar-refractivity contribution in [2.75, 3.05) is 12.5 Å². The topological polar surface area (TPSA) is 12.0 Å². The van der Waals surface area contributed by atoms with Gasteiger partial charge in [-0.25, -0.2) is 11.1 Å². The van der Waals surface area contributed by atoms with E-state index in [0.717, 1.165) is 6.04 Å². The van der Waals surface area contributed by atoms with Gasteiger partial charge in [0.1, 0.15) is 0 Å². The van der Waals surface area contributed by atoms with Crippen molar-refractivity contribution in [3.8, 4) is 0 Å². The second kappa shape index (κ2) is 4.24. The minimum atomic E-state index is 0.127. The van der Waals surface area contributed by atoms with Crippen molar-refractivity contribution < 1.29 is 0 Å². The summed E-state index contributed by atoms with van der Waals surface area (Å²) in [5.41, 5.74) is 0. The van der Waals surface area contributed by atoms with Gasteiger partial charge in [-0.05, 0) is 25.4 Å². The van der Waals surface area contributed by atoms with Gasteiger partial charge in [0.15, 0.2) is 0 Å². The van der Waals surface area contributed by atoms with E-state index in [0.29, 0.717) is 0 Å². The molecule has 0 unspecified atom stereocenters. The van der Waals surface area contributed by atoms with E-state index in [2.05, 4.69) is 17.2 Å². The highest BCUT2D eigenvalue weighted by Gasteiger charge is 2.12. The standard InChI is InChI=1S/C8H19NS/c1-10(2)9-8-6-4-3-5-7-8/h8-10H,3-7H2,1-2H3. The van der Waals surface area contributed by atoms with Crippen LogP contribution in [0.5, 0.6) is 0 Å². The fourth-order valence-corrected chi connectivity index (χ4v) is 2.59. The van der Waals surface area contributed by atoms with Gasteiger partial charge in [0.25, 0.3) is 0 Å². The Bertz CT molecular complexity index is 87.3. The number of thiol groups is 1. The molecule has 0 radical (unpaired) electrons. The minimum Gasteiger partial charge on any atom is -0.281 e. The first kappa shape index (κ1) is 8.41. The molecule has 10 heavy (non-hydrogen) atoms. The zero-order valence-electron chi connectivity index (χ0n) is 7.06. The van der Waals surface area contributed by atoms with Crippen LogP contribution in [0.3, 0.4) is 0 Å². The third-order valence-electron chi connectivity index (χ3n) is 2.05. The largest absolute Gasteiger partial charge is 0.281 e. The zero-order valence-corrected chi connectivity index (χ0v) is 7.95. The van der Waals surface area contributed by atoms with E-state index in [1.807, 2.05) is 0 Å². The van der Waals surface area contributed by atoms with E-state index in [-0.39, 0.29) is 11.1 Å². The van der Waals surface area contributed by atoms with Crippen LogP contribution in [0, 0.1) is 0 Å². The lowest BCUT2D eigenvalue weighted by molar-refractivity contribution is 0.423. The summed E-state index contributed by atoms with van der Waals surface area (Å²) >= 11 is 0.127. The van der Waals surface area contributed by atoms with Crippen molar-refractivity contribution in [1.29, 1.82) is 0 Å². The maximum atomic E-state index is 3.65. The molecular formula is C8H19NS. The van der Waals surface area contributed by atoms with Crippen LogP contribution in [0.1, 0.15) is 32.1 Å². The highest BCUT2D eigenvalue weighted by Crippen LogP contribution is 2.21. The second-order valence-electron chi connectivity index (χ2n) is 3.36. The summed E-state index contributed by atoms with van der Waals surface area (Å²) < 4.78 is 3.65. The van der Waals surface area contributed by atoms with Crippen molar-refractivity contribution in [2.45, 2.75) is 38.1 Å². The smallest absolute Gasteiger partial charge is 0.0154 e. The Morgan fingerprint density at radius 1 is 1.10 bits per heavy atom. The number of hydrogen-bond acceptors (Lipinski definition) is 1. The highest BCUT2D eigenvalue weighted by molar-refractivity contribution is 8.14. The van der Waals surface area contributed by atoms with Crippen LogP contribution in [0.4, 0.5) is 0 Å². The molecule has 0 spiro atoms. The zero-order chi connectivity index (χ0) is 7.40. The molecule has 0 atom stereocenters. The summed E-state index contributed by atoms with van der Waals surface area (Å²) in [5.74, 6) is 0. The molecule has 1 aliphatic rings. The number of rotatable bonds is 2. The molecule has 0 heterocycles. The predicted octanol–water partition coefficient (Wildman–Crippen LogP) is 2.08. The predicted molar refractivity (Wildman–Crippen MR) is 50.8 cm³/mol. The first-order chi connectivity index (χ1) is 4.79. The van der Waals surface area contributed by atoms with Crippen LogP contribution in [0.2, 0.25) is 0 Å². The van der Waals surface area contributed by atoms with Gasteiger partial charge >= 0.3 is 0 Å². The molecule has 1 N–H and O–H groups in total. The molecule has 1 rings (SSSR count). The van der Waals surface area contributed by atoms with Crippen LogP contribution in [-0.2, 0) is 0 Å². The fourth-order valence-electron chi connectivity index (χ4n) is 1.60. The number of hydrogen-bond donors (Lipinski definition) is 2. The maximum absolute atomic E-state index is 3.65. The third kappa shape index (κ3) is 2.93. The van der Waals surface area contributed by atoms with Gasteiger partial charge in [-0.1, -0.05) is 19.3 Å². The monoisotopic (exact) mass is 161 g/mol. The van der Waals surface area contributed by atoms with Gasteiger partial charge in [-0.2, -0.15) is 0 Å². The van der Waals surface area contributed by atoms with E-state index in [9.17, 15) is 0 Å². The van der Waals surface area contributed by atoms with Gasteiger partial charge in [-0.15, -0.1) is 0 Å². The molecule has 0 aromatic heterocycles. The van der Waals surface area contributed by atoms with Gasteiger partial charge < -0.3 is 0 Å². The second-order valence-corrected chi connectivity index (χ2v) is 5.41. The van der Waals surface area contributed by atoms with E-state index < -0.39 is 0 Å². The maximum Gasteiger partial charge on any atom is 0.0154 e. The van der Waals surface area contributed by atoms with Gasteiger partial charge in [0, 0.05) is 6.04 Å². The van der Waals surface area contributed by atoms with Crippen molar-refractivity contribution in [2.24, 2.45) is 0 Å². The van der Waals surface area contributed by atoms with Crippen LogP contribution in [-0.4, -0.2) is 18.6 Å². The van der Waals surface area contributed by atoms with Crippen molar-refractivity contribution in [3.05, 3.63) is 0 Å². The Balaban J connectivity index is 2.13. The van der Waals surface area contributed by atoms with E-state index in [1.165, 1.54) is 32.1 Å². The molecule has 62 valence electrons. The summed E-state index contributed by atoms with van der Waals surface area (Å²) in [5, 5.41) is 0. The van der Waals surface area contributed by atoms with Crippen LogP contribution in [0.15, 0.2) is 0 Å². The van der Waals surface area contributed by atoms with Crippen LogP contribution in [0.25, 0.3) is 0 Å². The molecule has 1 aliphatic carbocycles. The number of nitrogens with one attached hydrogen (secondary N) is 1. The van der Waals surface area contributed by atoms with Crippen molar-refractivity contribution >= 4 is 11.1 Å². The normalized spacial score (nSPS) is 22.8. The van der Waals surface area contributed by atoms with Crippen molar-refractivity contribution in [3.63, 3.8) is 0 Å². The summed E-state index contributed by atoms with van der Waals surface area (Å²) in [6.07, 6.45) is 11.8. The molecular weight excluding hydrogens is 142 g/mol. The van der Waals surface area contributed by atoms with Gasteiger partial charge in [-0.3, -0.25) is 4.72 Å². The average molecular weight is 161 g/mol. The molecule has 1 saturated carbocycles. The lowest BCUT2D eigenvalue weighted by Gasteiger charge is -2.26. The Kier molecular flexibility index (Phi) is 3.57. The first-order valence-corrected chi connectivity index (χ1v) is 6.46. The summed E-state index contributed by atoms with van der Waals surface area (Å²) in [4.78, 5) is 0. The summed E-state index contributed by atoms with van der Waals surface area (Å²) in [6, 6.07) is 0.856. The summed E-state index contributed by atoms with van der Waals surface area (Å²) in [6.45, 7) is 0. The van der Waals surface area contributed by atoms with Crippen molar-refractivity contribution in [1.82, 2.24) is 4.72 Å². The van der Waals surface area contributed by atoms with Crippen LogP contribution < -0.4 is 4.72 Å². The first-order valence-electron chi connectivity index (χ1n) is 4.22. The molecule has 1 fully saturated rings. The molecule has 0 aromatic rings. The lowest BCUT2D eigenvalue weighted by Crippen LogP contribution is -2.27. The highest BCUT2D eigenvalue weighted by atomic mass is 32.2. The Morgan fingerprint density at radius 2 is 1.70 bits per heavy atom. The molecule has 0 bridgehead atoms. The molecule has 0 aliphatic heterocycles. The third-order valence-corrected chi connectivity index (χ3v) is 2.93. The quantitative estimate of drug-likeness (QED) is 0.591.